The molecule has 0 aliphatic carbocycles. The van der Waals surface area contributed by atoms with Crippen molar-refractivity contribution < 1.29 is 7.00 Å². The molecule has 0 saturated carbocycles. The van der Waals surface area contributed by atoms with Gasteiger partial charge in [-0.2, -0.15) is 0 Å². The van der Waals surface area contributed by atoms with Crippen LogP contribution < -0.4 is 4.90 Å². The summed E-state index contributed by atoms with van der Waals surface area (Å²) in [6.07, 6.45) is 23.0. The van der Waals surface area contributed by atoms with Crippen molar-refractivity contribution in [3.8, 4) is 0 Å². The number of anilines is 1. The molecule has 1 rings (SSSR count). The summed E-state index contributed by atoms with van der Waals surface area (Å²) in [6, 6.07) is 10.7. The minimum atomic E-state index is -2.69. The maximum atomic E-state index is 9.78. The van der Waals surface area contributed by atoms with Crippen LogP contribution in [-0.4, -0.2) is 30.0 Å². The molecule has 0 amide bonds. The third-order valence-corrected chi connectivity index (χ3v) is 5.54. The monoisotopic (exact) mass is 472 g/mol. The molecule has 1 aromatic rings. The Morgan fingerprint density at radius 3 is 1.34 bits per heavy atom. The Morgan fingerprint density at radius 2 is 0.966 bits per heavy atom. The van der Waals surface area contributed by atoms with E-state index in [0.717, 1.165) is 0 Å². The Morgan fingerprint density at radius 1 is 0.621 bits per heavy atom. The van der Waals surface area contributed by atoms with Crippen molar-refractivity contribution in [3.63, 3.8) is 0 Å². The van der Waals surface area contributed by atoms with E-state index in [2.05, 4.69) is 49.2 Å². The number of halogens is 2. The van der Waals surface area contributed by atoms with Gasteiger partial charge in [-0.25, -0.2) is 0 Å². The molecule has 0 atom stereocenters. The summed E-state index contributed by atoms with van der Waals surface area (Å²) >= 11 is -2.69. The molecule has 0 aromatic heterocycles. The summed E-state index contributed by atoms with van der Waals surface area (Å²) in [7, 11) is 2.21. The zero-order chi connectivity index (χ0) is 21.4. The van der Waals surface area contributed by atoms with E-state index in [1.54, 1.807) is 0 Å². The van der Waals surface area contributed by atoms with Crippen molar-refractivity contribution in [2.75, 3.05) is 18.5 Å². The Balaban J connectivity index is 0.00000245. The topological polar surface area (TPSA) is 3.24 Å². The zero-order valence-corrected chi connectivity index (χ0v) is 21.6. The average Bonchev–Trinajstić information content (AvgIpc) is 2.74. The first-order chi connectivity index (χ1) is 14.3. The van der Waals surface area contributed by atoms with Crippen LogP contribution in [0.1, 0.15) is 110 Å². The molecule has 0 unspecified atom stereocenters. The normalized spacial score (nSPS) is 10.5. The molecule has 0 spiro atoms. The SMILES string of the molecule is CCCCCCCCCCCCCCCCCCN(C)c1ccccc1.[F][GeH][F]. The fourth-order valence-corrected chi connectivity index (χ4v) is 3.71. The summed E-state index contributed by atoms with van der Waals surface area (Å²) < 4.78 is 19.6. The quantitative estimate of drug-likeness (QED) is 0.153. The van der Waals surface area contributed by atoms with Crippen LogP contribution in [0.25, 0.3) is 0 Å². The number of unbranched alkanes of at least 4 members (excludes halogenated alkanes) is 15. The van der Waals surface area contributed by atoms with E-state index in [-0.39, 0.29) is 0 Å². The molecule has 4 heteroatoms. The predicted octanol–water partition coefficient (Wildman–Crippen LogP) is 8.58. The van der Waals surface area contributed by atoms with Gasteiger partial charge in [-0.15, -0.1) is 0 Å². The van der Waals surface area contributed by atoms with E-state index in [1.165, 1.54) is 115 Å². The molecule has 0 bridgehead atoms. The van der Waals surface area contributed by atoms with Crippen LogP contribution in [0.2, 0.25) is 0 Å². The fourth-order valence-electron chi connectivity index (χ4n) is 3.71. The van der Waals surface area contributed by atoms with Crippen LogP contribution in [0.15, 0.2) is 30.3 Å². The molecule has 0 N–H and O–H groups in total. The number of benzene rings is 1. The van der Waals surface area contributed by atoms with Crippen LogP contribution in [0.3, 0.4) is 0 Å². The van der Waals surface area contributed by atoms with Crippen LogP contribution >= 0.6 is 0 Å². The second-order valence-electron chi connectivity index (χ2n) is 8.14. The van der Waals surface area contributed by atoms with Gasteiger partial charge in [0, 0.05) is 19.3 Å². The summed E-state index contributed by atoms with van der Waals surface area (Å²) in [6.45, 7) is 3.48. The van der Waals surface area contributed by atoms with Gasteiger partial charge < -0.3 is 4.90 Å². The van der Waals surface area contributed by atoms with E-state index in [4.69, 9.17) is 0 Å². The van der Waals surface area contributed by atoms with E-state index >= 15 is 0 Å². The third-order valence-electron chi connectivity index (χ3n) is 5.54. The Labute approximate surface area is 187 Å². The van der Waals surface area contributed by atoms with Crippen LogP contribution in [0.4, 0.5) is 12.7 Å². The second kappa shape index (κ2) is 23.7. The van der Waals surface area contributed by atoms with Gasteiger partial charge in [0.2, 0.25) is 0 Å². The fraction of sp³-hybridized carbons (Fsp3) is 0.760. The molecule has 1 aromatic carbocycles. The first kappa shape index (κ1) is 28.4. The van der Waals surface area contributed by atoms with Gasteiger partial charge in [0.15, 0.2) is 0 Å². The molecular formula is C25H46F2GeN. The summed E-state index contributed by atoms with van der Waals surface area (Å²) in [5, 5.41) is 0. The standard InChI is InChI=1S/C25H45N.F2GeH/c1-3-4-5-6-7-8-9-10-11-12-13-14-15-16-17-21-24-26(2)25-22-19-18-20-23-25;1-3-2/h18-20,22-23H,3-17,21,24H2,1-2H3;3H. The van der Waals surface area contributed by atoms with E-state index in [9.17, 15) is 7.00 Å². The number of hydrogen-bond donors (Lipinski definition) is 0. The summed E-state index contributed by atoms with van der Waals surface area (Å²) in [5.41, 5.74) is 1.34. The molecule has 0 aliphatic rings. The van der Waals surface area contributed by atoms with Gasteiger partial charge in [-0.1, -0.05) is 121 Å². The van der Waals surface area contributed by atoms with Gasteiger partial charge >= 0.3 is 23.4 Å². The van der Waals surface area contributed by atoms with Gasteiger partial charge in [0.25, 0.3) is 0 Å². The van der Waals surface area contributed by atoms with Gasteiger partial charge in [0.1, 0.15) is 0 Å². The molecule has 0 aliphatic heterocycles. The molecule has 0 fully saturated rings. The van der Waals surface area contributed by atoms with Crippen molar-refractivity contribution in [3.05, 3.63) is 30.3 Å². The second-order valence-corrected chi connectivity index (χ2v) is 8.49. The van der Waals surface area contributed by atoms with Crippen molar-refractivity contribution in [1.29, 1.82) is 0 Å². The molecular weight excluding hydrogens is 425 g/mol. The van der Waals surface area contributed by atoms with Crippen molar-refractivity contribution in [2.45, 2.75) is 110 Å². The molecule has 169 valence electrons. The van der Waals surface area contributed by atoms with Crippen LogP contribution in [-0.2, 0) is 0 Å². The average molecular weight is 471 g/mol. The third kappa shape index (κ3) is 20.5. The zero-order valence-electron chi connectivity index (χ0n) is 19.2. The Bertz CT molecular complexity index is 417. The van der Waals surface area contributed by atoms with Crippen molar-refractivity contribution in [2.24, 2.45) is 0 Å². The maximum absolute atomic E-state index is 9.78. The molecule has 0 saturated heterocycles. The van der Waals surface area contributed by atoms with Crippen molar-refractivity contribution in [1.82, 2.24) is 0 Å². The Hall–Kier alpha value is -0.577. The van der Waals surface area contributed by atoms with Crippen LogP contribution in [0.5, 0.6) is 0 Å². The van der Waals surface area contributed by atoms with E-state index in [1.807, 2.05) is 0 Å². The minimum absolute atomic E-state index is 1.18. The van der Waals surface area contributed by atoms with Gasteiger partial charge in [0.05, 0.1) is 0 Å². The first-order valence-corrected chi connectivity index (χ1v) is 13.9. The van der Waals surface area contributed by atoms with Gasteiger partial charge in [-0.3, -0.25) is 0 Å². The van der Waals surface area contributed by atoms with E-state index < -0.39 is 16.4 Å². The first-order valence-electron chi connectivity index (χ1n) is 12.0. The number of rotatable bonds is 18. The van der Waals surface area contributed by atoms with Gasteiger partial charge in [-0.05, 0) is 18.6 Å². The molecule has 29 heavy (non-hydrogen) atoms. The Kier molecular flexibility index (Phi) is 23.2. The van der Waals surface area contributed by atoms with E-state index in [0.29, 0.717) is 0 Å². The van der Waals surface area contributed by atoms with Crippen LogP contribution in [0, 0.1) is 0 Å². The summed E-state index contributed by atoms with van der Waals surface area (Å²) in [4.78, 5) is 2.38. The number of hydrogen-bond acceptors (Lipinski definition) is 1. The number of nitrogens with zero attached hydrogens (tertiary/aromatic N) is 1. The molecule has 1 radical (unpaired) electrons. The van der Waals surface area contributed by atoms with Crippen molar-refractivity contribution >= 4 is 22.0 Å². The molecule has 0 heterocycles. The number of para-hydroxylation sites is 1. The predicted molar refractivity (Wildman–Crippen MR) is 129 cm³/mol. The summed E-state index contributed by atoms with van der Waals surface area (Å²) in [5.74, 6) is 0. The molecule has 1 nitrogen and oxygen atoms in total.